The van der Waals surface area contributed by atoms with Crippen LogP contribution in [0, 0.1) is 0 Å². The molecule has 100 valence electrons. The minimum atomic E-state index is -3.76. The van der Waals surface area contributed by atoms with E-state index in [1.54, 1.807) is 24.3 Å². The van der Waals surface area contributed by atoms with E-state index in [4.69, 9.17) is 11.6 Å². The Hall–Kier alpha value is -0.630. The number of nitrogens with one attached hydrogen (secondary N) is 1. The van der Waals surface area contributed by atoms with E-state index in [1.807, 2.05) is 0 Å². The lowest BCUT2D eigenvalue weighted by Crippen LogP contribution is -2.14. The van der Waals surface area contributed by atoms with Gasteiger partial charge in [-0.05, 0) is 46.3 Å². The van der Waals surface area contributed by atoms with Gasteiger partial charge in [0.2, 0.25) is 0 Å². The summed E-state index contributed by atoms with van der Waals surface area (Å²) in [6, 6.07) is 9.48. The predicted octanol–water partition coefficient (Wildman–Crippen LogP) is 4.06. The van der Waals surface area contributed by atoms with E-state index in [1.165, 1.54) is 12.1 Å². The summed E-state index contributed by atoms with van der Waals surface area (Å²) < 4.78 is 28.0. The number of sulfonamides is 1. The lowest BCUT2D eigenvalue weighted by Gasteiger charge is -2.09. The zero-order valence-corrected chi connectivity index (χ0v) is 14.0. The van der Waals surface area contributed by atoms with Crippen molar-refractivity contribution in [3.05, 3.63) is 50.5 Å². The number of rotatable bonds is 3. The number of hydrogen-bond acceptors (Lipinski definition) is 3. The molecule has 0 saturated carbocycles. The molecular weight excluding hydrogens is 419 g/mol. The van der Waals surface area contributed by atoms with Crippen LogP contribution in [0.4, 0.5) is 5.82 Å². The van der Waals surface area contributed by atoms with Gasteiger partial charge in [0.25, 0.3) is 10.0 Å². The number of nitrogens with zero attached hydrogens (tertiary/aromatic N) is 1. The summed E-state index contributed by atoms with van der Waals surface area (Å²) >= 11 is 12.3. The minimum absolute atomic E-state index is 0.000794. The second-order valence-electron chi connectivity index (χ2n) is 3.53. The molecule has 1 aromatic carbocycles. The summed E-state index contributed by atoms with van der Waals surface area (Å²) in [5, 5.41) is 0.136. The Kier molecular flexibility index (Phi) is 4.50. The summed E-state index contributed by atoms with van der Waals surface area (Å²) in [5.41, 5.74) is 0. The number of pyridine rings is 1. The number of aromatic nitrogens is 1. The van der Waals surface area contributed by atoms with Crippen LogP contribution in [0.15, 0.2) is 50.4 Å². The third-order valence-electron chi connectivity index (χ3n) is 2.14. The van der Waals surface area contributed by atoms with Crippen molar-refractivity contribution in [3.8, 4) is 0 Å². The Bertz CT molecular complexity index is 722. The van der Waals surface area contributed by atoms with Crippen molar-refractivity contribution in [1.29, 1.82) is 0 Å². The van der Waals surface area contributed by atoms with Crippen molar-refractivity contribution in [2.45, 2.75) is 4.90 Å². The highest BCUT2D eigenvalue weighted by Gasteiger charge is 2.18. The third kappa shape index (κ3) is 3.68. The van der Waals surface area contributed by atoms with Gasteiger partial charge in [0.15, 0.2) is 0 Å². The molecule has 1 N–H and O–H groups in total. The smallest absolute Gasteiger partial charge is 0.263 e. The first-order chi connectivity index (χ1) is 8.88. The molecule has 0 aliphatic carbocycles. The fraction of sp³-hybridized carbons (Fsp3) is 0. The predicted molar refractivity (Wildman–Crippen MR) is 81.9 cm³/mol. The Labute approximate surface area is 132 Å². The first kappa shape index (κ1) is 14.8. The van der Waals surface area contributed by atoms with Crippen molar-refractivity contribution in [3.63, 3.8) is 0 Å². The first-order valence-electron chi connectivity index (χ1n) is 4.99. The average Bonchev–Trinajstić information content (AvgIpc) is 2.27. The lowest BCUT2D eigenvalue weighted by atomic mass is 10.4. The molecule has 0 aliphatic rings. The van der Waals surface area contributed by atoms with Crippen LogP contribution in [0.3, 0.4) is 0 Å². The second-order valence-corrected chi connectivity index (χ2v) is 7.31. The monoisotopic (exact) mass is 424 g/mol. The molecule has 0 unspecified atom stereocenters. The SMILES string of the molecule is O=S(=O)(Nc1cccc(Br)n1)c1ccc(Br)cc1Cl. The summed E-state index contributed by atoms with van der Waals surface area (Å²) in [4.78, 5) is 4.00. The Morgan fingerprint density at radius 3 is 2.53 bits per heavy atom. The van der Waals surface area contributed by atoms with Crippen molar-refractivity contribution in [2.75, 3.05) is 4.72 Å². The van der Waals surface area contributed by atoms with E-state index in [2.05, 4.69) is 41.6 Å². The Morgan fingerprint density at radius 2 is 1.89 bits per heavy atom. The maximum Gasteiger partial charge on any atom is 0.264 e. The molecular formula is C11H7Br2ClN2O2S. The highest BCUT2D eigenvalue weighted by atomic mass is 79.9. The van der Waals surface area contributed by atoms with E-state index in [0.29, 0.717) is 9.08 Å². The summed E-state index contributed by atoms with van der Waals surface area (Å²) in [6.07, 6.45) is 0. The Balaban J connectivity index is 2.38. The van der Waals surface area contributed by atoms with Crippen molar-refractivity contribution < 1.29 is 8.42 Å². The molecule has 1 aromatic heterocycles. The van der Waals surface area contributed by atoms with Gasteiger partial charge in [-0.15, -0.1) is 0 Å². The summed E-state index contributed by atoms with van der Waals surface area (Å²) in [7, 11) is -3.76. The molecule has 0 bridgehead atoms. The van der Waals surface area contributed by atoms with E-state index in [-0.39, 0.29) is 15.7 Å². The number of hydrogen-bond donors (Lipinski definition) is 1. The van der Waals surface area contributed by atoms with Crippen LogP contribution >= 0.6 is 43.5 Å². The maximum absolute atomic E-state index is 12.2. The quantitative estimate of drug-likeness (QED) is 0.753. The maximum atomic E-state index is 12.2. The molecule has 1 heterocycles. The fourth-order valence-corrected chi connectivity index (χ4v) is 3.73. The summed E-state index contributed by atoms with van der Waals surface area (Å²) in [5.74, 6) is 0.216. The van der Waals surface area contributed by atoms with Crippen LogP contribution in [0.5, 0.6) is 0 Å². The zero-order valence-electron chi connectivity index (χ0n) is 9.27. The number of anilines is 1. The number of benzene rings is 1. The zero-order chi connectivity index (χ0) is 14.0. The van der Waals surface area contributed by atoms with Gasteiger partial charge in [0.05, 0.1) is 5.02 Å². The first-order valence-corrected chi connectivity index (χ1v) is 8.43. The molecule has 2 rings (SSSR count). The van der Waals surface area contributed by atoms with E-state index in [0.717, 1.165) is 0 Å². The highest BCUT2D eigenvalue weighted by molar-refractivity contribution is 9.10. The van der Waals surface area contributed by atoms with Crippen LogP contribution in [0.25, 0.3) is 0 Å². The third-order valence-corrected chi connectivity index (χ3v) is 4.91. The molecule has 2 aromatic rings. The van der Waals surface area contributed by atoms with Gasteiger partial charge in [0.1, 0.15) is 15.3 Å². The molecule has 8 heteroatoms. The topological polar surface area (TPSA) is 59.1 Å². The number of halogens is 3. The van der Waals surface area contributed by atoms with Gasteiger partial charge in [-0.25, -0.2) is 13.4 Å². The fourth-order valence-electron chi connectivity index (χ4n) is 1.35. The minimum Gasteiger partial charge on any atom is -0.263 e. The van der Waals surface area contributed by atoms with Gasteiger partial charge in [-0.2, -0.15) is 0 Å². The van der Waals surface area contributed by atoms with Gasteiger partial charge in [-0.3, -0.25) is 4.72 Å². The van der Waals surface area contributed by atoms with Crippen LogP contribution in [0.1, 0.15) is 0 Å². The van der Waals surface area contributed by atoms with E-state index in [9.17, 15) is 8.42 Å². The van der Waals surface area contributed by atoms with Crippen molar-refractivity contribution >= 4 is 59.3 Å². The van der Waals surface area contributed by atoms with Crippen LogP contribution in [-0.4, -0.2) is 13.4 Å². The molecule has 0 radical (unpaired) electrons. The molecule has 0 atom stereocenters. The lowest BCUT2D eigenvalue weighted by molar-refractivity contribution is 0.601. The standard InChI is InChI=1S/C11H7Br2ClN2O2S/c12-7-4-5-9(8(14)6-7)19(17,18)16-11-3-1-2-10(13)15-11/h1-6H,(H,15,16). The van der Waals surface area contributed by atoms with Crippen LogP contribution in [0.2, 0.25) is 5.02 Å². The van der Waals surface area contributed by atoms with Crippen molar-refractivity contribution in [1.82, 2.24) is 4.98 Å². The molecule has 0 aliphatic heterocycles. The van der Waals surface area contributed by atoms with Crippen LogP contribution < -0.4 is 4.72 Å². The Morgan fingerprint density at radius 1 is 1.16 bits per heavy atom. The van der Waals surface area contributed by atoms with E-state index >= 15 is 0 Å². The van der Waals surface area contributed by atoms with Gasteiger partial charge in [0, 0.05) is 4.47 Å². The van der Waals surface area contributed by atoms with Gasteiger partial charge < -0.3 is 0 Å². The molecule has 19 heavy (non-hydrogen) atoms. The van der Waals surface area contributed by atoms with Crippen molar-refractivity contribution in [2.24, 2.45) is 0 Å². The molecule has 0 saturated heterocycles. The normalized spacial score (nSPS) is 11.3. The average molecular weight is 427 g/mol. The van der Waals surface area contributed by atoms with Gasteiger partial charge in [-0.1, -0.05) is 33.6 Å². The molecule has 0 amide bonds. The molecule has 0 fully saturated rings. The van der Waals surface area contributed by atoms with Crippen LogP contribution in [-0.2, 0) is 10.0 Å². The van der Waals surface area contributed by atoms with E-state index < -0.39 is 10.0 Å². The van der Waals surface area contributed by atoms with Gasteiger partial charge >= 0.3 is 0 Å². The molecule has 0 spiro atoms. The highest BCUT2D eigenvalue weighted by Crippen LogP contribution is 2.26. The second kappa shape index (κ2) is 5.78. The largest absolute Gasteiger partial charge is 0.264 e. The molecule has 4 nitrogen and oxygen atoms in total. The summed E-state index contributed by atoms with van der Waals surface area (Å²) in [6.45, 7) is 0.